The van der Waals surface area contributed by atoms with Crippen molar-refractivity contribution in [2.75, 3.05) is 5.32 Å². The zero-order valence-electron chi connectivity index (χ0n) is 14.5. The highest BCUT2D eigenvalue weighted by molar-refractivity contribution is 9.11. The summed E-state index contributed by atoms with van der Waals surface area (Å²) in [7, 11) is 0. The van der Waals surface area contributed by atoms with Crippen molar-refractivity contribution in [1.29, 1.82) is 0 Å². The molecule has 27 heavy (non-hydrogen) atoms. The molecular weight excluding hydrogens is 496 g/mol. The second-order valence-electron chi connectivity index (χ2n) is 6.12. The molecule has 3 aromatic rings. The van der Waals surface area contributed by atoms with Crippen LogP contribution in [-0.2, 0) is 13.2 Å². The molecule has 0 heterocycles. The number of aryl methyl sites for hydroxylation is 1. The van der Waals surface area contributed by atoms with E-state index in [1.54, 1.807) is 12.1 Å². The smallest absolute Gasteiger partial charge is 0.148 e. The van der Waals surface area contributed by atoms with Gasteiger partial charge in [-0.3, -0.25) is 0 Å². The average molecular weight is 514 g/mol. The van der Waals surface area contributed by atoms with Gasteiger partial charge >= 0.3 is 0 Å². The van der Waals surface area contributed by atoms with Gasteiger partial charge in [0.25, 0.3) is 0 Å². The van der Waals surface area contributed by atoms with E-state index < -0.39 is 0 Å². The standard InChI is InChI=1S/C21H17Br2ClFNO/c1-13-2-5-16(24)10-20(13)26-11-15-8-18(22)21(19(23)9-15)27-12-14-3-6-17(25)7-4-14/h2-10,26H,11-12H2,1H3. The molecule has 0 fully saturated rings. The Balaban J connectivity index is 1.68. The lowest BCUT2D eigenvalue weighted by atomic mass is 10.1. The Labute approximate surface area is 180 Å². The molecule has 3 rings (SSSR count). The van der Waals surface area contributed by atoms with Crippen molar-refractivity contribution in [3.05, 3.63) is 91.1 Å². The summed E-state index contributed by atoms with van der Waals surface area (Å²) in [4.78, 5) is 0. The number of ether oxygens (including phenoxy) is 1. The molecule has 0 spiro atoms. The number of rotatable bonds is 6. The molecule has 0 radical (unpaired) electrons. The van der Waals surface area contributed by atoms with Crippen LogP contribution in [0.2, 0.25) is 5.02 Å². The van der Waals surface area contributed by atoms with E-state index in [1.807, 2.05) is 37.3 Å². The number of halogens is 4. The number of benzene rings is 3. The zero-order chi connectivity index (χ0) is 19.4. The summed E-state index contributed by atoms with van der Waals surface area (Å²) < 4.78 is 20.6. The van der Waals surface area contributed by atoms with Crippen molar-refractivity contribution in [1.82, 2.24) is 0 Å². The van der Waals surface area contributed by atoms with E-state index in [-0.39, 0.29) is 5.82 Å². The van der Waals surface area contributed by atoms with Gasteiger partial charge in [0, 0.05) is 17.3 Å². The number of hydrogen-bond donors (Lipinski definition) is 1. The largest absolute Gasteiger partial charge is 0.487 e. The van der Waals surface area contributed by atoms with E-state index in [9.17, 15) is 4.39 Å². The summed E-state index contributed by atoms with van der Waals surface area (Å²) in [6, 6.07) is 16.1. The van der Waals surface area contributed by atoms with Crippen molar-refractivity contribution >= 4 is 49.1 Å². The van der Waals surface area contributed by atoms with Crippen molar-refractivity contribution in [3.63, 3.8) is 0 Å². The van der Waals surface area contributed by atoms with E-state index in [4.69, 9.17) is 16.3 Å². The minimum absolute atomic E-state index is 0.257. The monoisotopic (exact) mass is 511 g/mol. The molecule has 0 bridgehead atoms. The summed E-state index contributed by atoms with van der Waals surface area (Å²) in [5.41, 5.74) is 4.13. The van der Waals surface area contributed by atoms with Gasteiger partial charge in [-0.15, -0.1) is 0 Å². The predicted molar refractivity (Wildman–Crippen MR) is 116 cm³/mol. The molecule has 2 nitrogen and oxygen atoms in total. The molecular formula is C21H17Br2ClFNO. The Kier molecular flexibility index (Phi) is 6.79. The Hall–Kier alpha value is -1.56. The number of nitrogens with one attached hydrogen (secondary N) is 1. The Morgan fingerprint density at radius 3 is 2.30 bits per heavy atom. The summed E-state index contributed by atoms with van der Waals surface area (Å²) >= 11 is 13.2. The molecule has 0 saturated carbocycles. The first kappa shape index (κ1) is 20.2. The van der Waals surface area contributed by atoms with Crippen LogP contribution in [-0.4, -0.2) is 0 Å². The molecule has 140 valence electrons. The second kappa shape index (κ2) is 9.09. The fourth-order valence-corrected chi connectivity index (χ4v) is 4.25. The molecule has 0 saturated heterocycles. The zero-order valence-corrected chi connectivity index (χ0v) is 18.5. The highest BCUT2D eigenvalue weighted by atomic mass is 79.9. The third-order valence-electron chi connectivity index (χ3n) is 4.04. The lowest BCUT2D eigenvalue weighted by molar-refractivity contribution is 0.302. The van der Waals surface area contributed by atoms with E-state index in [2.05, 4.69) is 37.2 Å². The van der Waals surface area contributed by atoms with Gasteiger partial charge in [0.05, 0.1) is 8.95 Å². The predicted octanol–water partition coefficient (Wildman–Crippen LogP) is 7.50. The number of hydrogen-bond acceptors (Lipinski definition) is 2. The molecule has 0 aliphatic rings. The van der Waals surface area contributed by atoms with E-state index in [1.165, 1.54) is 12.1 Å². The van der Waals surface area contributed by atoms with E-state index in [0.29, 0.717) is 23.9 Å². The first-order valence-electron chi connectivity index (χ1n) is 8.27. The van der Waals surface area contributed by atoms with Crippen LogP contribution in [0.4, 0.5) is 10.1 Å². The Morgan fingerprint density at radius 2 is 1.63 bits per heavy atom. The summed E-state index contributed by atoms with van der Waals surface area (Å²) in [5, 5.41) is 4.11. The van der Waals surface area contributed by atoms with Crippen molar-refractivity contribution in [2.24, 2.45) is 0 Å². The lowest BCUT2D eigenvalue weighted by Gasteiger charge is -2.14. The van der Waals surface area contributed by atoms with Gasteiger partial charge in [0.2, 0.25) is 0 Å². The van der Waals surface area contributed by atoms with Gasteiger partial charge in [-0.05, 0) is 91.9 Å². The van der Waals surface area contributed by atoms with Gasteiger partial charge in [-0.25, -0.2) is 4.39 Å². The minimum Gasteiger partial charge on any atom is -0.487 e. The SMILES string of the molecule is Cc1ccc(Cl)cc1NCc1cc(Br)c(OCc2ccc(F)cc2)c(Br)c1. The molecule has 0 atom stereocenters. The van der Waals surface area contributed by atoms with Gasteiger partial charge < -0.3 is 10.1 Å². The first-order chi connectivity index (χ1) is 12.9. The molecule has 0 unspecified atom stereocenters. The Bertz CT molecular complexity index is 924. The van der Waals surface area contributed by atoms with Crippen LogP contribution < -0.4 is 10.1 Å². The maximum atomic E-state index is 13.0. The summed E-state index contributed by atoms with van der Waals surface area (Å²) in [6.45, 7) is 3.05. The normalized spacial score (nSPS) is 10.7. The van der Waals surface area contributed by atoms with Crippen LogP contribution in [0.25, 0.3) is 0 Å². The fraction of sp³-hybridized carbons (Fsp3) is 0.143. The number of anilines is 1. The van der Waals surface area contributed by atoms with Crippen LogP contribution in [0.1, 0.15) is 16.7 Å². The van der Waals surface area contributed by atoms with Gasteiger partial charge in [-0.1, -0.05) is 29.8 Å². The third kappa shape index (κ3) is 5.47. The minimum atomic E-state index is -0.257. The first-order valence-corrected chi connectivity index (χ1v) is 10.2. The molecule has 0 aromatic heterocycles. The van der Waals surface area contributed by atoms with Crippen LogP contribution in [0.3, 0.4) is 0 Å². The maximum Gasteiger partial charge on any atom is 0.148 e. The molecule has 0 amide bonds. The fourth-order valence-electron chi connectivity index (χ4n) is 2.57. The van der Waals surface area contributed by atoms with Gasteiger partial charge in [-0.2, -0.15) is 0 Å². The van der Waals surface area contributed by atoms with Gasteiger partial charge in [0.1, 0.15) is 18.2 Å². The third-order valence-corrected chi connectivity index (χ3v) is 5.45. The van der Waals surface area contributed by atoms with Crippen LogP contribution in [0, 0.1) is 12.7 Å². The molecule has 3 aromatic carbocycles. The van der Waals surface area contributed by atoms with Crippen molar-refractivity contribution in [2.45, 2.75) is 20.1 Å². The maximum absolute atomic E-state index is 13.0. The average Bonchev–Trinajstić information content (AvgIpc) is 2.63. The summed E-state index contributed by atoms with van der Waals surface area (Å²) in [6.07, 6.45) is 0. The highest BCUT2D eigenvalue weighted by Gasteiger charge is 2.10. The van der Waals surface area contributed by atoms with Crippen LogP contribution in [0.5, 0.6) is 5.75 Å². The van der Waals surface area contributed by atoms with E-state index in [0.717, 1.165) is 31.3 Å². The Morgan fingerprint density at radius 1 is 0.963 bits per heavy atom. The van der Waals surface area contributed by atoms with Crippen molar-refractivity contribution in [3.8, 4) is 5.75 Å². The summed E-state index contributed by atoms with van der Waals surface area (Å²) in [5.74, 6) is 0.454. The van der Waals surface area contributed by atoms with Crippen LogP contribution >= 0.6 is 43.5 Å². The second-order valence-corrected chi connectivity index (χ2v) is 8.26. The van der Waals surface area contributed by atoms with Crippen LogP contribution in [0.15, 0.2) is 63.5 Å². The van der Waals surface area contributed by atoms with E-state index >= 15 is 0 Å². The van der Waals surface area contributed by atoms with Crippen molar-refractivity contribution < 1.29 is 9.13 Å². The molecule has 6 heteroatoms. The molecule has 0 aliphatic heterocycles. The molecule has 1 N–H and O–H groups in total. The topological polar surface area (TPSA) is 21.3 Å². The highest BCUT2D eigenvalue weighted by Crippen LogP contribution is 2.35. The quantitative estimate of drug-likeness (QED) is 0.368. The molecule has 0 aliphatic carbocycles. The van der Waals surface area contributed by atoms with Gasteiger partial charge in [0.15, 0.2) is 0 Å². The lowest BCUT2D eigenvalue weighted by Crippen LogP contribution is -2.02.